The number of nitrogens with zero attached hydrogens (tertiary/aromatic N) is 3. The largest absolute Gasteiger partial charge is 0.339 e. The zero-order chi connectivity index (χ0) is 17.6. The molecule has 0 spiro atoms. The van der Waals surface area contributed by atoms with Gasteiger partial charge in [0.1, 0.15) is 5.82 Å². The first-order chi connectivity index (χ1) is 12.2. The third-order valence-electron chi connectivity index (χ3n) is 4.22. The van der Waals surface area contributed by atoms with Gasteiger partial charge in [0.25, 0.3) is 0 Å². The number of carbonyl (C=O) groups is 1. The van der Waals surface area contributed by atoms with Crippen molar-refractivity contribution in [3.8, 4) is 0 Å². The average Bonchev–Trinajstić information content (AvgIpc) is 3.07. The lowest BCUT2D eigenvalue weighted by molar-refractivity contribution is -0.132. The van der Waals surface area contributed by atoms with Crippen LogP contribution in [0.4, 0.5) is 15.2 Å². The number of rotatable bonds is 6. The van der Waals surface area contributed by atoms with Gasteiger partial charge in [0.05, 0.1) is 5.75 Å². The summed E-state index contributed by atoms with van der Waals surface area (Å²) < 4.78 is 13.9. The molecule has 0 saturated carbocycles. The Bertz CT molecular complexity index is 724. The van der Waals surface area contributed by atoms with E-state index in [-0.39, 0.29) is 11.7 Å². The molecule has 1 saturated heterocycles. The van der Waals surface area contributed by atoms with Crippen molar-refractivity contribution in [2.45, 2.75) is 43.0 Å². The molecule has 5 nitrogen and oxygen atoms in total. The molecule has 0 aliphatic carbocycles. The molecule has 1 amide bonds. The van der Waals surface area contributed by atoms with Crippen LogP contribution >= 0.6 is 23.1 Å². The van der Waals surface area contributed by atoms with Gasteiger partial charge in [-0.2, -0.15) is 0 Å². The maximum Gasteiger partial charge on any atom is 0.233 e. The summed E-state index contributed by atoms with van der Waals surface area (Å²) in [5.74, 6) is 0.249. The molecule has 1 atom stereocenters. The van der Waals surface area contributed by atoms with Crippen LogP contribution in [0.3, 0.4) is 0 Å². The van der Waals surface area contributed by atoms with E-state index in [0.717, 1.165) is 30.1 Å². The summed E-state index contributed by atoms with van der Waals surface area (Å²) in [5.41, 5.74) is 0.628. The van der Waals surface area contributed by atoms with Crippen LogP contribution in [0.1, 0.15) is 32.6 Å². The number of nitrogens with one attached hydrogen (secondary N) is 1. The number of thioether (sulfide) groups is 1. The van der Waals surface area contributed by atoms with Crippen molar-refractivity contribution >= 4 is 39.8 Å². The summed E-state index contributed by atoms with van der Waals surface area (Å²) in [6.45, 7) is 3.00. The predicted octanol–water partition coefficient (Wildman–Crippen LogP) is 4.30. The van der Waals surface area contributed by atoms with E-state index < -0.39 is 0 Å². The number of benzene rings is 1. The summed E-state index contributed by atoms with van der Waals surface area (Å²) in [6.07, 6.45) is 4.42. The van der Waals surface area contributed by atoms with Gasteiger partial charge in [-0.25, -0.2) is 4.39 Å². The Morgan fingerprint density at radius 1 is 1.44 bits per heavy atom. The molecular formula is C17H21FN4OS2. The molecule has 0 unspecified atom stereocenters. The normalized spacial score (nSPS) is 17.5. The molecule has 1 aromatic heterocycles. The van der Waals surface area contributed by atoms with E-state index in [1.54, 1.807) is 12.1 Å². The van der Waals surface area contributed by atoms with Crippen molar-refractivity contribution in [1.29, 1.82) is 0 Å². The smallest absolute Gasteiger partial charge is 0.233 e. The van der Waals surface area contributed by atoms with Crippen LogP contribution in [0.5, 0.6) is 0 Å². The standard InChI is InChI=1S/C17H21FN4OS2/c1-2-14-8-3-4-9-22(14)15(23)11-24-17-21-20-16(25-17)19-13-7-5-6-12(18)10-13/h5-7,10,14H,2-4,8-9,11H2,1H3,(H,19,20)/t14-/m1/s1. The lowest BCUT2D eigenvalue weighted by Gasteiger charge is -2.35. The first-order valence-corrected chi connectivity index (χ1v) is 10.2. The summed E-state index contributed by atoms with van der Waals surface area (Å²) in [6, 6.07) is 6.57. The Morgan fingerprint density at radius 2 is 2.32 bits per heavy atom. The molecule has 134 valence electrons. The van der Waals surface area contributed by atoms with Gasteiger partial charge in [-0.1, -0.05) is 36.1 Å². The van der Waals surface area contributed by atoms with Gasteiger partial charge in [0.15, 0.2) is 4.34 Å². The van der Waals surface area contributed by atoms with Crippen molar-refractivity contribution in [1.82, 2.24) is 15.1 Å². The molecule has 2 aromatic rings. The predicted molar refractivity (Wildman–Crippen MR) is 100.0 cm³/mol. The molecular weight excluding hydrogens is 359 g/mol. The molecule has 8 heteroatoms. The molecule has 1 N–H and O–H groups in total. The summed E-state index contributed by atoms with van der Waals surface area (Å²) in [4.78, 5) is 14.5. The minimum Gasteiger partial charge on any atom is -0.339 e. The number of halogens is 1. The molecule has 1 aliphatic heterocycles. The van der Waals surface area contributed by atoms with E-state index in [4.69, 9.17) is 0 Å². The first kappa shape index (κ1) is 18.1. The van der Waals surface area contributed by atoms with Gasteiger partial charge in [0.2, 0.25) is 11.0 Å². The number of hydrogen-bond donors (Lipinski definition) is 1. The molecule has 3 rings (SSSR count). The zero-order valence-corrected chi connectivity index (χ0v) is 15.7. The zero-order valence-electron chi connectivity index (χ0n) is 14.1. The van der Waals surface area contributed by atoms with E-state index in [2.05, 4.69) is 22.4 Å². The van der Waals surface area contributed by atoms with Crippen molar-refractivity contribution in [3.05, 3.63) is 30.1 Å². The summed E-state index contributed by atoms with van der Waals surface area (Å²) in [5, 5.41) is 11.8. The highest BCUT2D eigenvalue weighted by Gasteiger charge is 2.25. The minimum atomic E-state index is -0.304. The second-order valence-electron chi connectivity index (χ2n) is 5.94. The molecule has 1 aliphatic rings. The van der Waals surface area contributed by atoms with Gasteiger partial charge in [-0.05, 0) is 43.9 Å². The number of likely N-dealkylation sites (tertiary alicyclic amines) is 1. The van der Waals surface area contributed by atoms with Crippen LogP contribution in [0.2, 0.25) is 0 Å². The van der Waals surface area contributed by atoms with Crippen molar-refractivity contribution in [2.24, 2.45) is 0 Å². The van der Waals surface area contributed by atoms with Crippen LogP contribution in [0.25, 0.3) is 0 Å². The Labute approximate surface area is 155 Å². The Hall–Kier alpha value is -1.67. The third-order valence-corrected chi connectivity index (χ3v) is 6.18. The Kier molecular flexibility index (Phi) is 6.25. The van der Waals surface area contributed by atoms with Crippen LogP contribution in [-0.2, 0) is 4.79 Å². The Balaban J connectivity index is 1.53. The molecule has 1 fully saturated rings. The molecule has 1 aromatic carbocycles. The first-order valence-electron chi connectivity index (χ1n) is 8.44. The maximum atomic E-state index is 13.2. The average molecular weight is 381 g/mol. The second-order valence-corrected chi connectivity index (χ2v) is 8.14. The highest BCUT2D eigenvalue weighted by molar-refractivity contribution is 8.01. The van der Waals surface area contributed by atoms with E-state index in [0.29, 0.717) is 22.6 Å². The molecule has 0 radical (unpaired) electrons. The van der Waals surface area contributed by atoms with Gasteiger partial charge in [0, 0.05) is 18.3 Å². The lowest BCUT2D eigenvalue weighted by atomic mass is 10.0. The van der Waals surface area contributed by atoms with Crippen LogP contribution in [0, 0.1) is 5.82 Å². The number of aromatic nitrogens is 2. The highest BCUT2D eigenvalue weighted by Crippen LogP contribution is 2.29. The van der Waals surface area contributed by atoms with Gasteiger partial charge >= 0.3 is 0 Å². The monoisotopic (exact) mass is 380 g/mol. The van der Waals surface area contributed by atoms with Crippen LogP contribution in [-0.4, -0.2) is 39.3 Å². The number of carbonyl (C=O) groups excluding carboxylic acids is 1. The topological polar surface area (TPSA) is 58.1 Å². The maximum absolute atomic E-state index is 13.2. The number of amides is 1. The van der Waals surface area contributed by atoms with Crippen LogP contribution in [0.15, 0.2) is 28.6 Å². The third kappa shape index (κ3) is 4.92. The summed E-state index contributed by atoms with van der Waals surface area (Å²) in [7, 11) is 0. The van der Waals surface area contributed by atoms with Crippen molar-refractivity contribution in [2.75, 3.05) is 17.6 Å². The van der Waals surface area contributed by atoms with Crippen molar-refractivity contribution < 1.29 is 9.18 Å². The molecule has 25 heavy (non-hydrogen) atoms. The fourth-order valence-electron chi connectivity index (χ4n) is 2.97. The van der Waals surface area contributed by atoms with E-state index >= 15 is 0 Å². The molecule has 0 bridgehead atoms. The van der Waals surface area contributed by atoms with Crippen LogP contribution < -0.4 is 5.32 Å². The SMILES string of the molecule is CC[C@@H]1CCCCN1C(=O)CSc1nnc(Nc2cccc(F)c2)s1. The minimum absolute atomic E-state index is 0.173. The fraction of sp³-hybridized carbons (Fsp3) is 0.471. The van der Waals surface area contributed by atoms with Gasteiger partial charge in [-0.3, -0.25) is 4.79 Å². The number of piperidine rings is 1. The van der Waals surface area contributed by atoms with Gasteiger partial charge in [-0.15, -0.1) is 10.2 Å². The van der Waals surface area contributed by atoms with Gasteiger partial charge < -0.3 is 10.2 Å². The highest BCUT2D eigenvalue weighted by atomic mass is 32.2. The fourth-order valence-corrected chi connectivity index (χ4v) is 4.63. The Morgan fingerprint density at radius 3 is 3.12 bits per heavy atom. The van der Waals surface area contributed by atoms with E-state index in [1.807, 2.05) is 4.90 Å². The number of anilines is 2. The molecule has 2 heterocycles. The number of hydrogen-bond acceptors (Lipinski definition) is 6. The quantitative estimate of drug-likeness (QED) is 0.757. The summed E-state index contributed by atoms with van der Waals surface area (Å²) >= 11 is 2.77. The van der Waals surface area contributed by atoms with E-state index in [9.17, 15) is 9.18 Å². The lowest BCUT2D eigenvalue weighted by Crippen LogP contribution is -2.44. The second kappa shape index (κ2) is 8.62. The van der Waals surface area contributed by atoms with Crippen molar-refractivity contribution in [3.63, 3.8) is 0 Å². The van der Waals surface area contributed by atoms with E-state index in [1.165, 1.54) is 41.7 Å².